The van der Waals surface area contributed by atoms with Crippen molar-refractivity contribution in [1.82, 2.24) is 10.2 Å². The topological polar surface area (TPSA) is 105 Å². The Labute approximate surface area is 229 Å². The molecule has 1 heterocycles. The zero-order chi connectivity index (χ0) is 27.7. The molecule has 8 heteroatoms. The number of ether oxygens (including phenoxy) is 2. The van der Waals surface area contributed by atoms with E-state index in [2.05, 4.69) is 23.5 Å². The van der Waals surface area contributed by atoms with E-state index in [-0.39, 0.29) is 30.8 Å². The van der Waals surface area contributed by atoms with Crippen molar-refractivity contribution in [1.29, 1.82) is 0 Å². The number of benzene rings is 2. The quantitative estimate of drug-likeness (QED) is 0.570. The first kappa shape index (κ1) is 27.0. The maximum absolute atomic E-state index is 13.2. The Hall–Kier alpha value is -3.55. The molecule has 1 fully saturated rings. The van der Waals surface area contributed by atoms with Gasteiger partial charge in [0.15, 0.2) is 0 Å². The summed E-state index contributed by atoms with van der Waals surface area (Å²) in [7, 11) is 0. The van der Waals surface area contributed by atoms with E-state index in [1.165, 1.54) is 16.0 Å². The summed E-state index contributed by atoms with van der Waals surface area (Å²) in [5, 5.41) is 13.0. The number of nitrogens with one attached hydrogen (secondary N) is 1. The molecule has 0 aromatic heterocycles. The molecule has 2 amide bonds. The summed E-state index contributed by atoms with van der Waals surface area (Å²) in [5.74, 6) is -0.364. The number of carboxylic acid groups (broad SMARTS) is 1. The number of aliphatic carboxylic acids is 1. The lowest BCUT2D eigenvalue weighted by Crippen LogP contribution is -2.43. The normalized spacial score (nSPS) is 24.3. The van der Waals surface area contributed by atoms with Crippen molar-refractivity contribution < 1.29 is 29.0 Å². The molecule has 3 aliphatic rings. The van der Waals surface area contributed by atoms with Gasteiger partial charge < -0.3 is 19.9 Å². The summed E-state index contributed by atoms with van der Waals surface area (Å²) in [5.41, 5.74) is 4.16. The van der Waals surface area contributed by atoms with E-state index < -0.39 is 29.8 Å². The highest BCUT2D eigenvalue weighted by molar-refractivity contribution is 5.81. The maximum atomic E-state index is 13.2. The van der Waals surface area contributed by atoms with Gasteiger partial charge in [0.05, 0.1) is 12.6 Å². The highest BCUT2D eigenvalue weighted by atomic mass is 16.6. The number of carbonyl (C=O) groups is 3. The average Bonchev–Trinajstić information content (AvgIpc) is 3.32. The minimum Gasteiger partial charge on any atom is -0.488 e. The number of fused-ring (bicyclic) bond motifs is 2. The van der Waals surface area contributed by atoms with Crippen molar-refractivity contribution >= 4 is 18.0 Å². The standard InChI is InChI=1S/C31H38N2O6/c1-31(2,3)39-30(37)33-18-24(17-27(33)29(35)36)38-23-14-13-20-15-22(12-11-21(20)16-23)28(34)32-26-10-6-8-19-7-4-5-9-25(19)26/h4-5,7,9,13-14,16,22,24,26-27H,6,8,10-12,15,17-18H2,1-3H3,(H,32,34)(H,35,36)/t22-,24?,26?,27-/m0/s1. The molecule has 1 saturated heterocycles. The summed E-state index contributed by atoms with van der Waals surface area (Å²) in [6.45, 7) is 5.40. The number of likely N-dealkylation sites (tertiary alicyclic amines) is 1. The smallest absolute Gasteiger partial charge is 0.411 e. The SMILES string of the molecule is CC(C)(C)OC(=O)N1CC(Oc2ccc3c(c2)CC[C@H](C(=O)NC2CCCc4ccccc42)C3)C[C@H]1C(=O)O. The second-order valence-corrected chi connectivity index (χ2v) is 12.0. The van der Waals surface area contributed by atoms with Crippen LogP contribution in [0.5, 0.6) is 5.75 Å². The van der Waals surface area contributed by atoms with Gasteiger partial charge in [0.25, 0.3) is 0 Å². The third-order valence-corrected chi connectivity index (χ3v) is 7.94. The molecule has 0 spiro atoms. The Balaban J connectivity index is 1.20. The van der Waals surface area contributed by atoms with E-state index in [1.807, 2.05) is 24.3 Å². The maximum Gasteiger partial charge on any atom is 0.411 e. The van der Waals surface area contributed by atoms with Crippen LogP contribution in [0.4, 0.5) is 4.79 Å². The third-order valence-electron chi connectivity index (χ3n) is 7.94. The van der Waals surface area contributed by atoms with Crippen LogP contribution in [0.1, 0.15) is 74.8 Å². The lowest BCUT2D eigenvalue weighted by Gasteiger charge is -2.30. The van der Waals surface area contributed by atoms with Crippen molar-refractivity contribution in [3.05, 3.63) is 64.7 Å². The van der Waals surface area contributed by atoms with E-state index in [4.69, 9.17) is 9.47 Å². The van der Waals surface area contributed by atoms with Gasteiger partial charge in [0.1, 0.15) is 23.5 Å². The first-order valence-corrected chi connectivity index (χ1v) is 14.0. The Bertz CT molecular complexity index is 1250. The summed E-state index contributed by atoms with van der Waals surface area (Å²) in [6.07, 6.45) is 4.46. The van der Waals surface area contributed by atoms with E-state index in [1.54, 1.807) is 20.8 Å². The summed E-state index contributed by atoms with van der Waals surface area (Å²) in [4.78, 5) is 38.9. The second-order valence-electron chi connectivity index (χ2n) is 12.0. The molecule has 5 rings (SSSR count). The lowest BCUT2D eigenvalue weighted by molar-refractivity contribution is -0.142. The van der Waals surface area contributed by atoms with Gasteiger partial charge in [-0.3, -0.25) is 9.69 Å². The molecular formula is C31H38N2O6. The average molecular weight is 535 g/mol. The molecule has 2 aromatic rings. The van der Waals surface area contributed by atoms with Crippen LogP contribution in [-0.2, 0) is 33.6 Å². The number of hydrogen-bond donors (Lipinski definition) is 2. The summed E-state index contributed by atoms with van der Waals surface area (Å²) >= 11 is 0. The van der Waals surface area contributed by atoms with E-state index in [0.717, 1.165) is 43.2 Å². The predicted molar refractivity (Wildman–Crippen MR) is 146 cm³/mol. The fraction of sp³-hybridized carbons (Fsp3) is 0.516. The van der Waals surface area contributed by atoms with Gasteiger partial charge in [-0.2, -0.15) is 0 Å². The van der Waals surface area contributed by atoms with Gasteiger partial charge in [-0.15, -0.1) is 0 Å². The van der Waals surface area contributed by atoms with Gasteiger partial charge in [0, 0.05) is 12.3 Å². The molecule has 4 atom stereocenters. The van der Waals surface area contributed by atoms with Crippen molar-refractivity contribution in [2.24, 2.45) is 5.92 Å². The predicted octanol–water partition coefficient (Wildman–Crippen LogP) is 4.83. The van der Waals surface area contributed by atoms with Crippen molar-refractivity contribution in [3.63, 3.8) is 0 Å². The fourth-order valence-electron chi connectivity index (χ4n) is 6.05. The van der Waals surface area contributed by atoms with Crippen LogP contribution in [0, 0.1) is 5.92 Å². The van der Waals surface area contributed by atoms with Crippen molar-refractivity contribution in [3.8, 4) is 5.75 Å². The molecule has 0 radical (unpaired) electrons. The molecule has 208 valence electrons. The number of amides is 2. The molecule has 2 aliphatic carbocycles. The first-order valence-electron chi connectivity index (χ1n) is 14.0. The molecular weight excluding hydrogens is 496 g/mol. The Kier molecular flexibility index (Phi) is 7.56. The third kappa shape index (κ3) is 6.21. The number of rotatable bonds is 5. The molecule has 0 bridgehead atoms. The minimum atomic E-state index is -1.07. The molecule has 1 aliphatic heterocycles. The molecule has 2 unspecified atom stereocenters. The molecule has 2 N–H and O–H groups in total. The van der Waals surface area contributed by atoms with Crippen LogP contribution in [0.15, 0.2) is 42.5 Å². The largest absolute Gasteiger partial charge is 0.488 e. The fourth-order valence-corrected chi connectivity index (χ4v) is 6.05. The van der Waals surface area contributed by atoms with Crippen LogP contribution in [-0.4, -0.2) is 52.3 Å². The summed E-state index contributed by atoms with van der Waals surface area (Å²) in [6, 6.07) is 13.4. The van der Waals surface area contributed by atoms with Gasteiger partial charge in [-0.25, -0.2) is 9.59 Å². The first-order chi connectivity index (χ1) is 18.6. The van der Waals surface area contributed by atoms with Crippen molar-refractivity contribution in [2.75, 3.05) is 6.54 Å². The molecule has 8 nitrogen and oxygen atoms in total. The highest BCUT2D eigenvalue weighted by Gasteiger charge is 2.42. The van der Waals surface area contributed by atoms with E-state index in [9.17, 15) is 19.5 Å². The van der Waals surface area contributed by atoms with E-state index in [0.29, 0.717) is 12.2 Å². The monoisotopic (exact) mass is 534 g/mol. The summed E-state index contributed by atoms with van der Waals surface area (Å²) < 4.78 is 11.6. The number of carboxylic acids is 1. The Morgan fingerprint density at radius 3 is 2.56 bits per heavy atom. The Morgan fingerprint density at radius 1 is 1.00 bits per heavy atom. The zero-order valence-electron chi connectivity index (χ0n) is 22.9. The van der Waals surface area contributed by atoms with Crippen LogP contribution >= 0.6 is 0 Å². The Morgan fingerprint density at radius 2 is 1.79 bits per heavy atom. The minimum absolute atomic E-state index is 0.0631. The molecule has 39 heavy (non-hydrogen) atoms. The second kappa shape index (κ2) is 10.9. The lowest BCUT2D eigenvalue weighted by atomic mass is 9.82. The van der Waals surface area contributed by atoms with Gasteiger partial charge >= 0.3 is 12.1 Å². The van der Waals surface area contributed by atoms with Gasteiger partial charge in [-0.1, -0.05) is 30.3 Å². The number of aryl methyl sites for hydroxylation is 2. The van der Waals surface area contributed by atoms with Crippen LogP contribution in [0.3, 0.4) is 0 Å². The number of nitrogens with zero attached hydrogens (tertiary/aromatic N) is 1. The van der Waals surface area contributed by atoms with Crippen LogP contribution in [0.25, 0.3) is 0 Å². The van der Waals surface area contributed by atoms with Gasteiger partial charge in [0.2, 0.25) is 5.91 Å². The molecule has 0 saturated carbocycles. The number of hydrogen-bond acceptors (Lipinski definition) is 5. The van der Waals surface area contributed by atoms with Crippen LogP contribution < -0.4 is 10.1 Å². The number of carbonyl (C=O) groups excluding carboxylic acids is 2. The van der Waals surface area contributed by atoms with Crippen molar-refractivity contribution in [2.45, 2.75) is 89.5 Å². The highest BCUT2D eigenvalue weighted by Crippen LogP contribution is 2.33. The van der Waals surface area contributed by atoms with Crippen LogP contribution in [0.2, 0.25) is 0 Å². The molecule has 2 aromatic carbocycles. The van der Waals surface area contributed by atoms with Gasteiger partial charge in [-0.05, 0) is 93.7 Å². The van der Waals surface area contributed by atoms with E-state index >= 15 is 0 Å². The zero-order valence-corrected chi connectivity index (χ0v) is 22.9.